The molecule has 8 nitrogen and oxygen atoms in total. The minimum Gasteiger partial charge on any atom is -0.492 e. The smallest absolute Gasteiger partial charge is 0.329 e. The topological polar surface area (TPSA) is 120 Å². The van der Waals surface area contributed by atoms with Gasteiger partial charge < -0.3 is 25.8 Å². The van der Waals surface area contributed by atoms with E-state index in [4.69, 9.17) is 15.2 Å². The van der Waals surface area contributed by atoms with Crippen molar-refractivity contribution in [3.05, 3.63) is 60.2 Å². The third-order valence-electron chi connectivity index (χ3n) is 3.69. The van der Waals surface area contributed by atoms with Crippen LogP contribution in [-0.4, -0.2) is 37.2 Å². The predicted octanol–water partition coefficient (Wildman–Crippen LogP) is 1.85. The zero-order valence-electron chi connectivity index (χ0n) is 15.5. The lowest BCUT2D eigenvalue weighted by Gasteiger charge is -2.17. The molecular formula is C20H23N3O5. The Kier molecular flexibility index (Phi) is 7.83. The van der Waals surface area contributed by atoms with Gasteiger partial charge in [-0.1, -0.05) is 42.5 Å². The number of primary amides is 1. The molecule has 0 aliphatic rings. The molecule has 0 spiro atoms. The number of rotatable bonds is 9. The lowest BCUT2D eigenvalue weighted by molar-refractivity contribution is -0.149. The van der Waals surface area contributed by atoms with E-state index in [1.807, 2.05) is 25.1 Å². The number of esters is 1. The summed E-state index contributed by atoms with van der Waals surface area (Å²) in [6.45, 7) is 1.77. The molecular weight excluding hydrogens is 362 g/mol. The zero-order valence-corrected chi connectivity index (χ0v) is 15.5. The second-order valence-electron chi connectivity index (χ2n) is 5.84. The summed E-state index contributed by atoms with van der Waals surface area (Å²) in [5.74, 6) is -0.768. The van der Waals surface area contributed by atoms with E-state index in [9.17, 15) is 14.4 Å². The Morgan fingerprint density at radius 1 is 1.04 bits per heavy atom. The maximum atomic E-state index is 12.3. The van der Waals surface area contributed by atoms with Crippen LogP contribution < -0.4 is 21.1 Å². The molecule has 3 amide bonds. The average molecular weight is 385 g/mol. The van der Waals surface area contributed by atoms with E-state index >= 15 is 0 Å². The molecule has 0 heterocycles. The number of hydrogen-bond acceptors (Lipinski definition) is 5. The number of nitrogens with two attached hydrogens (primary N) is 1. The fourth-order valence-corrected chi connectivity index (χ4v) is 2.49. The second kappa shape index (κ2) is 10.6. The van der Waals surface area contributed by atoms with Crippen LogP contribution in [0.4, 0.5) is 10.5 Å². The first-order valence-corrected chi connectivity index (χ1v) is 8.77. The number of urea groups is 1. The summed E-state index contributed by atoms with van der Waals surface area (Å²) >= 11 is 0. The molecule has 28 heavy (non-hydrogen) atoms. The Morgan fingerprint density at radius 2 is 1.71 bits per heavy atom. The first-order valence-electron chi connectivity index (χ1n) is 8.77. The number of carbonyl (C=O) groups excluding carboxylic acids is 3. The molecule has 0 aromatic heterocycles. The number of benzene rings is 2. The van der Waals surface area contributed by atoms with Crippen molar-refractivity contribution >= 4 is 23.6 Å². The highest BCUT2D eigenvalue weighted by atomic mass is 16.5. The van der Waals surface area contributed by atoms with E-state index in [0.29, 0.717) is 18.0 Å². The van der Waals surface area contributed by atoms with Crippen molar-refractivity contribution in [3.63, 3.8) is 0 Å². The average Bonchev–Trinajstić information content (AvgIpc) is 2.68. The van der Waals surface area contributed by atoms with Crippen LogP contribution in [0.1, 0.15) is 12.5 Å². The van der Waals surface area contributed by atoms with Crippen molar-refractivity contribution in [2.45, 2.75) is 19.4 Å². The summed E-state index contributed by atoms with van der Waals surface area (Å²) in [6, 6.07) is 14.1. The maximum Gasteiger partial charge on any atom is 0.329 e. The van der Waals surface area contributed by atoms with Gasteiger partial charge in [-0.25, -0.2) is 9.59 Å². The molecule has 8 heteroatoms. The number of para-hydroxylation sites is 2. The van der Waals surface area contributed by atoms with Gasteiger partial charge in [-0.15, -0.1) is 0 Å². The molecule has 0 aliphatic heterocycles. The summed E-state index contributed by atoms with van der Waals surface area (Å²) in [5, 5.41) is 4.97. The summed E-state index contributed by atoms with van der Waals surface area (Å²) in [6.07, 6.45) is 0.192. The molecule has 148 valence electrons. The van der Waals surface area contributed by atoms with Gasteiger partial charge >= 0.3 is 12.0 Å². The number of hydrogen-bond donors (Lipinski definition) is 3. The Labute approximate surface area is 163 Å². The second-order valence-corrected chi connectivity index (χ2v) is 5.84. The predicted molar refractivity (Wildman–Crippen MR) is 104 cm³/mol. The van der Waals surface area contributed by atoms with Gasteiger partial charge in [0.25, 0.3) is 5.91 Å². The number of ether oxygens (including phenoxy) is 2. The molecule has 0 bridgehead atoms. The third-order valence-corrected chi connectivity index (χ3v) is 3.69. The van der Waals surface area contributed by atoms with Gasteiger partial charge in [0.1, 0.15) is 11.8 Å². The molecule has 0 aliphatic carbocycles. The normalized spacial score (nSPS) is 11.2. The Balaban J connectivity index is 1.94. The molecule has 2 aromatic rings. The van der Waals surface area contributed by atoms with Gasteiger partial charge in [-0.05, 0) is 24.6 Å². The molecule has 4 N–H and O–H groups in total. The first kappa shape index (κ1) is 20.8. The highest BCUT2D eigenvalue weighted by Crippen LogP contribution is 2.23. The van der Waals surface area contributed by atoms with E-state index in [0.717, 1.165) is 5.56 Å². The Bertz CT molecular complexity index is 810. The van der Waals surface area contributed by atoms with E-state index in [1.165, 1.54) is 0 Å². The van der Waals surface area contributed by atoms with Crippen molar-refractivity contribution in [1.82, 2.24) is 5.32 Å². The Hall–Kier alpha value is -3.55. The van der Waals surface area contributed by atoms with Crippen molar-refractivity contribution in [3.8, 4) is 5.75 Å². The van der Waals surface area contributed by atoms with Crippen molar-refractivity contribution < 1.29 is 23.9 Å². The lowest BCUT2D eigenvalue weighted by atomic mass is 10.1. The number of anilines is 1. The van der Waals surface area contributed by atoms with E-state index < -0.39 is 30.6 Å². The zero-order chi connectivity index (χ0) is 20.4. The molecule has 0 saturated carbocycles. The van der Waals surface area contributed by atoms with Crippen LogP contribution in [-0.2, 0) is 20.7 Å². The largest absolute Gasteiger partial charge is 0.492 e. The van der Waals surface area contributed by atoms with Gasteiger partial charge in [-0.3, -0.25) is 4.79 Å². The number of carbonyl (C=O) groups is 3. The summed E-state index contributed by atoms with van der Waals surface area (Å²) in [7, 11) is 0. The number of amides is 3. The van der Waals surface area contributed by atoms with Gasteiger partial charge in [0.15, 0.2) is 6.61 Å². The van der Waals surface area contributed by atoms with Crippen LogP contribution in [0.5, 0.6) is 5.75 Å². The summed E-state index contributed by atoms with van der Waals surface area (Å²) in [4.78, 5) is 35.6. The van der Waals surface area contributed by atoms with Gasteiger partial charge in [0.2, 0.25) is 0 Å². The highest BCUT2D eigenvalue weighted by molar-refractivity contribution is 5.94. The standard InChI is InChI=1S/C20H23N3O5/c1-2-27-17-11-7-6-10-15(17)22-18(24)13-28-19(25)16(23-20(21)26)12-14-8-4-3-5-9-14/h3-11,16H,2,12-13H2,1H3,(H,22,24)(H3,21,23,26)/t16-/m0/s1. The highest BCUT2D eigenvalue weighted by Gasteiger charge is 2.23. The van der Waals surface area contributed by atoms with Gasteiger partial charge in [0.05, 0.1) is 12.3 Å². The summed E-state index contributed by atoms with van der Waals surface area (Å²) in [5.41, 5.74) is 6.42. The molecule has 0 fully saturated rings. The minimum absolute atomic E-state index is 0.192. The summed E-state index contributed by atoms with van der Waals surface area (Å²) < 4.78 is 10.5. The van der Waals surface area contributed by atoms with Gasteiger partial charge in [0, 0.05) is 6.42 Å². The van der Waals surface area contributed by atoms with Crippen LogP contribution in [0.3, 0.4) is 0 Å². The van der Waals surface area contributed by atoms with Crippen LogP contribution in [0.2, 0.25) is 0 Å². The SMILES string of the molecule is CCOc1ccccc1NC(=O)COC(=O)[C@H](Cc1ccccc1)NC(N)=O. The van der Waals surface area contributed by atoms with Crippen molar-refractivity contribution in [1.29, 1.82) is 0 Å². The van der Waals surface area contributed by atoms with Crippen LogP contribution in [0.25, 0.3) is 0 Å². The quantitative estimate of drug-likeness (QED) is 0.569. The molecule has 0 unspecified atom stereocenters. The lowest BCUT2D eigenvalue weighted by Crippen LogP contribution is -2.46. The fraction of sp³-hybridized carbons (Fsp3) is 0.250. The van der Waals surface area contributed by atoms with Crippen LogP contribution >= 0.6 is 0 Å². The van der Waals surface area contributed by atoms with E-state index in [2.05, 4.69) is 10.6 Å². The Morgan fingerprint density at radius 3 is 2.39 bits per heavy atom. The van der Waals surface area contributed by atoms with E-state index in [-0.39, 0.29) is 6.42 Å². The number of nitrogens with one attached hydrogen (secondary N) is 2. The third kappa shape index (κ3) is 6.64. The van der Waals surface area contributed by atoms with Crippen LogP contribution in [0, 0.1) is 0 Å². The molecule has 0 saturated heterocycles. The molecule has 2 rings (SSSR count). The fourth-order valence-electron chi connectivity index (χ4n) is 2.49. The molecule has 0 radical (unpaired) electrons. The maximum absolute atomic E-state index is 12.3. The monoisotopic (exact) mass is 385 g/mol. The molecule has 2 aromatic carbocycles. The minimum atomic E-state index is -0.997. The van der Waals surface area contributed by atoms with Crippen molar-refractivity contribution in [2.24, 2.45) is 5.73 Å². The molecule has 1 atom stereocenters. The first-order chi connectivity index (χ1) is 13.5. The van der Waals surface area contributed by atoms with E-state index in [1.54, 1.807) is 36.4 Å². The van der Waals surface area contributed by atoms with Crippen molar-refractivity contribution in [2.75, 3.05) is 18.5 Å². The van der Waals surface area contributed by atoms with Gasteiger partial charge in [-0.2, -0.15) is 0 Å². The van der Waals surface area contributed by atoms with Crippen LogP contribution in [0.15, 0.2) is 54.6 Å².